The molecule has 31 heavy (non-hydrogen) atoms. The number of nitrogens with zero attached hydrogens (tertiary/aromatic N) is 2. The molecule has 0 aliphatic rings. The lowest BCUT2D eigenvalue weighted by Gasteiger charge is -2.22. The molecule has 9 heteroatoms. The predicted molar refractivity (Wildman–Crippen MR) is 116 cm³/mol. The lowest BCUT2D eigenvalue weighted by atomic mass is 10.2. The van der Waals surface area contributed by atoms with Gasteiger partial charge in [-0.1, -0.05) is 30.3 Å². The molecule has 1 N–H and O–H groups in total. The Morgan fingerprint density at radius 1 is 1.19 bits per heavy atom. The van der Waals surface area contributed by atoms with Crippen molar-refractivity contribution in [2.75, 3.05) is 19.0 Å². The van der Waals surface area contributed by atoms with Crippen LogP contribution in [0.3, 0.4) is 0 Å². The van der Waals surface area contributed by atoms with E-state index in [4.69, 9.17) is 9.15 Å². The van der Waals surface area contributed by atoms with Crippen molar-refractivity contribution < 1.29 is 23.5 Å². The van der Waals surface area contributed by atoms with Crippen LogP contribution in [0.15, 0.2) is 52.5 Å². The fourth-order valence-electron chi connectivity index (χ4n) is 2.92. The molecule has 0 bridgehead atoms. The number of furan rings is 1. The van der Waals surface area contributed by atoms with Crippen molar-refractivity contribution >= 4 is 34.3 Å². The Balaban J connectivity index is 1.64. The van der Waals surface area contributed by atoms with E-state index < -0.39 is 0 Å². The molecule has 0 aliphatic heterocycles. The van der Waals surface area contributed by atoms with Crippen LogP contribution in [0, 0.1) is 6.92 Å². The molecule has 0 saturated carbocycles. The molecule has 0 atom stereocenters. The fraction of sp³-hybridized carbons (Fsp3) is 0.273. The number of methoxy groups -OCH3 is 1. The highest BCUT2D eigenvalue weighted by atomic mass is 32.1. The van der Waals surface area contributed by atoms with Gasteiger partial charge in [-0.05, 0) is 18.6 Å². The standard InChI is InChI=1S/C22H23N3O5S/c1-15-18(9-11-30-15)21(28)24-22-23-17(14-31-22)12-19(26)25(10-8-20(27)29-2)13-16-6-4-3-5-7-16/h3-7,9,11,14H,8,10,12-13H2,1-2H3,(H,23,24,28). The van der Waals surface area contributed by atoms with Gasteiger partial charge in [0.15, 0.2) is 5.13 Å². The van der Waals surface area contributed by atoms with Crippen LogP contribution in [0.5, 0.6) is 0 Å². The van der Waals surface area contributed by atoms with Gasteiger partial charge in [-0.2, -0.15) is 0 Å². The molecule has 0 aliphatic carbocycles. The Kier molecular flexibility index (Phi) is 7.55. The van der Waals surface area contributed by atoms with Crippen molar-refractivity contribution in [3.8, 4) is 0 Å². The summed E-state index contributed by atoms with van der Waals surface area (Å²) in [5, 5.41) is 4.85. The van der Waals surface area contributed by atoms with E-state index in [1.807, 2.05) is 30.3 Å². The molecule has 0 radical (unpaired) electrons. The molecule has 0 unspecified atom stereocenters. The third-order valence-corrected chi connectivity index (χ3v) is 5.40. The molecule has 0 fully saturated rings. The summed E-state index contributed by atoms with van der Waals surface area (Å²) in [4.78, 5) is 42.7. The molecule has 1 aromatic carbocycles. The smallest absolute Gasteiger partial charge is 0.307 e. The number of thiazole rings is 1. The first-order valence-corrected chi connectivity index (χ1v) is 10.5. The highest BCUT2D eigenvalue weighted by molar-refractivity contribution is 7.14. The van der Waals surface area contributed by atoms with E-state index in [1.165, 1.54) is 24.7 Å². The number of carbonyl (C=O) groups is 3. The maximum Gasteiger partial charge on any atom is 0.307 e. The first kappa shape index (κ1) is 22.2. The summed E-state index contributed by atoms with van der Waals surface area (Å²) in [5.74, 6) is -0.338. The van der Waals surface area contributed by atoms with Crippen molar-refractivity contribution in [2.45, 2.75) is 26.3 Å². The number of amides is 2. The molecular weight excluding hydrogens is 418 g/mol. The molecule has 8 nitrogen and oxygen atoms in total. The zero-order chi connectivity index (χ0) is 22.2. The molecule has 0 saturated heterocycles. The number of aromatic nitrogens is 1. The number of aryl methyl sites for hydroxylation is 1. The van der Waals surface area contributed by atoms with Gasteiger partial charge in [0.25, 0.3) is 5.91 Å². The third kappa shape index (κ3) is 6.26. The topological polar surface area (TPSA) is 102 Å². The summed E-state index contributed by atoms with van der Waals surface area (Å²) >= 11 is 1.24. The number of carbonyl (C=O) groups excluding carboxylic acids is 3. The summed E-state index contributed by atoms with van der Waals surface area (Å²) in [6, 6.07) is 11.1. The molecule has 2 aromatic heterocycles. The average molecular weight is 442 g/mol. The van der Waals surface area contributed by atoms with Gasteiger partial charge in [-0.15, -0.1) is 11.3 Å². The second-order valence-corrected chi connectivity index (χ2v) is 7.65. The summed E-state index contributed by atoms with van der Waals surface area (Å²) in [6.07, 6.45) is 1.62. The number of esters is 1. The van der Waals surface area contributed by atoms with Crippen LogP contribution in [0.2, 0.25) is 0 Å². The molecule has 3 aromatic rings. The Morgan fingerprint density at radius 3 is 2.65 bits per heavy atom. The summed E-state index contributed by atoms with van der Waals surface area (Å²) in [6.45, 7) is 2.33. The van der Waals surface area contributed by atoms with Crippen LogP contribution in [0.25, 0.3) is 0 Å². The zero-order valence-electron chi connectivity index (χ0n) is 17.3. The quantitative estimate of drug-likeness (QED) is 0.511. The molecule has 2 heterocycles. The molecule has 162 valence electrons. The van der Waals surface area contributed by atoms with Crippen LogP contribution in [0.4, 0.5) is 5.13 Å². The van der Waals surface area contributed by atoms with Gasteiger partial charge in [0.1, 0.15) is 5.76 Å². The maximum absolute atomic E-state index is 12.9. The number of ether oxygens (including phenoxy) is 1. The summed E-state index contributed by atoms with van der Waals surface area (Å²) < 4.78 is 9.84. The van der Waals surface area contributed by atoms with E-state index in [1.54, 1.807) is 23.3 Å². The second kappa shape index (κ2) is 10.5. The lowest BCUT2D eigenvalue weighted by molar-refractivity contribution is -0.141. The molecular formula is C22H23N3O5S. The van der Waals surface area contributed by atoms with Gasteiger partial charge in [-0.25, -0.2) is 4.98 Å². The van der Waals surface area contributed by atoms with Gasteiger partial charge in [0.2, 0.25) is 5.91 Å². The highest BCUT2D eigenvalue weighted by Crippen LogP contribution is 2.19. The number of benzene rings is 1. The number of rotatable bonds is 9. The van der Waals surface area contributed by atoms with Gasteiger partial charge in [0, 0.05) is 18.5 Å². The minimum Gasteiger partial charge on any atom is -0.469 e. The minimum atomic E-state index is -0.376. The van der Waals surface area contributed by atoms with Gasteiger partial charge in [-0.3, -0.25) is 19.7 Å². The number of hydrogen-bond donors (Lipinski definition) is 1. The van der Waals surface area contributed by atoms with Crippen molar-refractivity contribution in [3.63, 3.8) is 0 Å². The van der Waals surface area contributed by atoms with E-state index in [2.05, 4.69) is 10.3 Å². The van der Waals surface area contributed by atoms with Gasteiger partial charge >= 0.3 is 5.97 Å². The van der Waals surface area contributed by atoms with E-state index in [9.17, 15) is 14.4 Å². The Morgan fingerprint density at radius 2 is 1.97 bits per heavy atom. The molecule has 0 spiro atoms. The van der Waals surface area contributed by atoms with Crippen LogP contribution >= 0.6 is 11.3 Å². The largest absolute Gasteiger partial charge is 0.469 e. The maximum atomic E-state index is 12.9. The van der Waals surface area contributed by atoms with Gasteiger partial charge in [0.05, 0.1) is 37.5 Å². The van der Waals surface area contributed by atoms with Crippen LogP contribution in [0.1, 0.15) is 33.8 Å². The third-order valence-electron chi connectivity index (χ3n) is 4.59. The van der Waals surface area contributed by atoms with Gasteiger partial charge < -0.3 is 14.1 Å². The summed E-state index contributed by atoms with van der Waals surface area (Å²) in [5.41, 5.74) is 1.94. The lowest BCUT2D eigenvalue weighted by Crippen LogP contribution is -2.34. The van der Waals surface area contributed by atoms with Crippen molar-refractivity contribution in [1.82, 2.24) is 9.88 Å². The van der Waals surface area contributed by atoms with E-state index in [0.29, 0.717) is 28.7 Å². The summed E-state index contributed by atoms with van der Waals surface area (Å²) in [7, 11) is 1.32. The average Bonchev–Trinajstić information content (AvgIpc) is 3.39. The number of nitrogens with one attached hydrogen (secondary N) is 1. The van der Waals surface area contributed by atoms with E-state index >= 15 is 0 Å². The normalized spacial score (nSPS) is 10.5. The Bertz CT molecular complexity index is 1040. The van der Waals surface area contributed by atoms with E-state index in [0.717, 1.165) is 5.56 Å². The first-order valence-electron chi connectivity index (χ1n) is 9.64. The van der Waals surface area contributed by atoms with Crippen molar-refractivity contribution in [2.24, 2.45) is 0 Å². The molecule has 3 rings (SSSR count). The van der Waals surface area contributed by atoms with Crippen molar-refractivity contribution in [3.05, 3.63) is 70.6 Å². The zero-order valence-corrected chi connectivity index (χ0v) is 18.1. The number of anilines is 1. The minimum absolute atomic E-state index is 0.0606. The Labute approximate surface area is 183 Å². The van der Waals surface area contributed by atoms with Crippen LogP contribution in [-0.2, 0) is 27.3 Å². The number of hydrogen-bond acceptors (Lipinski definition) is 7. The van der Waals surface area contributed by atoms with E-state index in [-0.39, 0.29) is 37.2 Å². The van der Waals surface area contributed by atoms with Crippen molar-refractivity contribution in [1.29, 1.82) is 0 Å². The highest BCUT2D eigenvalue weighted by Gasteiger charge is 2.19. The Hall–Kier alpha value is -3.46. The first-order chi connectivity index (χ1) is 15.0. The molecule has 2 amide bonds. The monoisotopic (exact) mass is 441 g/mol. The SMILES string of the molecule is COC(=O)CCN(Cc1ccccc1)C(=O)Cc1csc(NC(=O)c2ccoc2C)n1. The second-order valence-electron chi connectivity index (χ2n) is 6.79. The fourth-order valence-corrected chi connectivity index (χ4v) is 3.63. The van der Waals surface area contributed by atoms with Crippen LogP contribution in [-0.4, -0.2) is 41.3 Å². The van der Waals surface area contributed by atoms with Crippen LogP contribution < -0.4 is 5.32 Å². The predicted octanol–water partition coefficient (Wildman–Crippen LogP) is 3.43.